The van der Waals surface area contributed by atoms with Gasteiger partial charge >= 0.3 is 0 Å². The smallest absolute Gasteiger partial charge is 0.270 e. The summed E-state index contributed by atoms with van der Waals surface area (Å²) in [6.07, 6.45) is 0.945. The molecule has 1 rings (SSSR count). The van der Waals surface area contributed by atoms with Crippen LogP contribution >= 0.6 is 0 Å². The molecule has 0 unspecified atom stereocenters. The molecule has 96 valence electrons. The summed E-state index contributed by atoms with van der Waals surface area (Å²) < 4.78 is 22.9. The summed E-state index contributed by atoms with van der Waals surface area (Å²) in [6, 6.07) is 4.25. The first-order chi connectivity index (χ1) is 8.25. The topological polar surface area (TPSA) is 99.9 Å². The molecular formula is C11H13N3O3S. The second kappa shape index (κ2) is 5.14. The molecule has 0 fully saturated rings. The van der Waals surface area contributed by atoms with Gasteiger partial charge in [-0.15, -0.1) is 0 Å². The number of carbonyl (C=O) groups excluding carboxylic acids is 1. The second-order valence-corrected chi connectivity index (χ2v) is 5.99. The van der Waals surface area contributed by atoms with Gasteiger partial charge in [0.2, 0.25) is 0 Å². The Hall–Kier alpha value is -1.94. The molecule has 0 atom stereocenters. The third kappa shape index (κ3) is 3.28. The van der Waals surface area contributed by atoms with Crippen molar-refractivity contribution < 1.29 is 13.2 Å². The van der Waals surface area contributed by atoms with E-state index in [2.05, 4.69) is 10.3 Å². The average Bonchev–Trinajstić information content (AvgIpc) is 2.26. The third-order valence-corrected chi connectivity index (χ3v) is 3.00. The van der Waals surface area contributed by atoms with E-state index in [-0.39, 0.29) is 22.3 Å². The molecule has 0 aliphatic heterocycles. The van der Waals surface area contributed by atoms with Crippen molar-refractivity contribution in [3.63, 3.8) is 0 Å². The van der Waals surface area contributed by atoms with E-state index in [0.29, 0.717) is 0 Å². The quantitative estimate of drug-likeness (QED) is 0.859. The minimum atomic E-state index is -3.64. The zero-order chi connectivity index (χ0) is 13.9. The molecule has 0 spiro atoms. The number of aromatic nitrogens is 1. The summed E-state index contributed by atoms with van der Waals surface area (Å²) in [4.78, 5) is 15.4. The molecule has 0 aliphatic rings. The Morgan fingerprint density at radius 3 is 2.50 bits per heavy atom. The van der Waals surface area contributed by atoms with E-state index < -0.39 is 15.7 Å². The number of pyridine rings is 1. The lowest BCUT2D eigenvalue weighted by atomic mass is 10.2. The van der Waals surface area contributed by atoms with Crippen LogP contribution in [0.15, 0.2) is 17.2 Å². The van der Waals surface area contributed by atoms with Gasteiger partial charge in [0.15, 0.2) is 14.9 Å². The number of sulfone groups is 1. The highest BCUT2D eigenvalue weighted by molar-refractivity contribution is 7.90. The van der Waals surface area contributed by atoms with E-state index in [1.807, 2.05) is 0 Å². The van der Waals surface area contributed by atoms with Crippen LogP contribution in [0.2, 0.25) is 0 Å². The lowest BCUT2D eigenvalue weighted by Gasteiger charge is -2.08. The number of hydrogen-bond acceptors (Lipinski definition) is 5. The third-order valence-electron chi connectivity index (χ3n) is 1.98. The molecular weight excluding hydrogens is 254 g/mol. The van der Waals surface area contributed by atoms with E-state index in [0.717, 1.165) is 6.26 Å². The van der Waals surface area contributed by atoms with Gasteiger partial charge in [-0.25, -0.2) is 13.4 Å². The molecule has 1 N–H and O–H groups in total. The van der Waals surface area contributed by atoms with Crippen LogP contribution in [0.4, 0.5) is 0 Å². The van der Waals surface area contributed by atoms with Crippen molar-refractivity contribution in [1.29, 1.82) is 5.26 Å². The van der Waals surface area contributed by atoms with Crippen molar-refractivity contribution in [1.82, 2.24) is 10.3 Å². The molecule has 0 bridgehead atoms. The number of amides is 1. The minimum Gasteiger partial charge on any atom is -0.349 e. The van der Waals surface area contributed by atoms with Gasteiger partial charge in [0.05, 0.1) is 5.56 Å². The Bertz CT molecular complexity index is 615. The van der Waals surface area contributed by atoms with Crippen LogP contribution in [0.3, 0.4) is 0 Å². The summed E-state index contributed by atoms with van der Waals surface area (Å²) in [5, 5.41) is 11.0. The highest BCUT2D eigenvalue weighted by Gasteiger charge is 2.18. The Balaban J connectivity index is 3.29. The molecule has 0 aromatic carbocycles. The van der Waals surface area contributed by atoms with Crippen LogP contribution in [0.1, 0.15) is 29.9 Å². The largest absolute Gasteiger partial charge is 0.349 e. The molecule has 7 heteroatoms. The first-order valence-electron chi connectivity index (χ1n) is 5.17. The molecule has 0 saturated carbocycles. The van der Waals surface area contributed by atoms with Crippen molar-refractivity contribution >= 4 is 15.7 Å². The van der Waals surface area contributed by atoms with Gasteiger partial charge in [-0.2, -0.15) is 5.26 Å². The van der Waals surface area contributed by atoms with E-state index >= 15 is 0 Å². The summed E-state index contributed by atoms with van der Waals surface area (Å²) >= 11 is 0. The first-order valence-corrected chi connectivity index (χ1v) is 7.07. The number of carbonyl (C=O) groups is 1. The zero-order valence-corrected chi connectivity index (χ0v) is 11.1. The number of nitriles is 1. The fourth-order valence-electron chi connectivity index (χ4n) is 1.27. The van der Waals surface area contributed by atoms with Crippen molar-refractivity contribution in [2.75, 3.05) is 6.26 Å². The first kappa shape index (κ1) is 14.1. The molecule has 1 aromatic rings. The summed E-state index contributed by atoms with van der Waals surface area (Å²) in [5.74, 6) is -0.473. The standard InChI is InChI=1S/C11H13N3O3S/c1-7(2)13-10(15)9-5-4-8(6-12)11(14-9)18(3,16)17/h4-5,7H,1-3H3,(H,13,15). The Labute approximate surface area is 106 Å². The highest BCUT2D eigenvalue weighted by Crippen LogP contribution is 2.13. The van der Waals surface area contributed by atoms with Gasteiger partial charge in [0.1, 0.15) is 11.8 Å². The summed E-state index contributed by atoms with van der Waals surface area (Å²) in [7, 11) is -3.64. The van der Waals surface area contributed by atoms with Gasteiger partial charge in [-0.3, -0.25) is 4.79 Å². The summed E-state index contributed by atoms with van der Waals surface area (Å²) in [6.45, 7) is 3.55. The van der Waals surface area contributed by atoms with E-state index in [4.69, 9.17) is 5.26 Å². The predicted molar refractivity (Wildman–Crippen MR) is 64.7 cm³/mol. The van der Waals surface area contributed by atoms with Gasteiger partial charge in [-0.1, -0.05) is 0 Å². The van der Waals surface area contributed by atoms with Crippen LogP contribution in [-0.2, 0) is 9.84 Å². The summed E-state index contributed by atoms with van der Waals surface area (Å²) in [5.41, 5.74) is -0.0956. The maximum Gasteiger partial charge on any atom is 0.270 e. The second-order valence-electron chi connectivity index (χ2n) is 4.06. The van der Waals surface area contributed by atoms with E-state index in [1.54, 1.807) is 19.9 Å². The molecule has 0 saturated heterocycles. The number of nitrogens with one attached hydrogen (secondary N) is 1. The van der Waals surface area contributed by atoms with Crippen molar-refractivity contribution in [3.05, 3.63) is 23.4 Å². The lowest BCUT2D eigenvalue weighted by molar-refractivity contribution is 0.0937. The average molecular weight is 267 g/mol. The molecule has 1 heterocycles. The van der Waals surface area contributed by atoms with Crippen LogP contribution in [-0.4, -0.2) is 31.6 Å². The molecule has 0 aliphatic carbocycles. The van der Waals surface area contributed by atoms with Crippen LogP contribution in [0, 0.1) is 11.3 Å². The minimum absolute atomic E-state index is 0.0249. The Morgan fingerprint density at radius 1 is 1.44 bits per heavy atom. The van der Waals surface area contributed by atoms with Crippen molar-refractivity contribution in [2.24, 2.45) is 0 Å². The molecule has 18 heavy (non-hydrogen) atoms. The van der Waals surface area contributed by atoms with Crippen LogP contribution in [0.25, 0.3) is 0 Å². The van der Waals surface area contributed by atoms with Gasteiger partial charge in [0, 0.05) is 12.3 Å². The molecule has 1 aromatic heterocycles. The number of rotatable bonds is 3. The zero-order valence-electron chi connectivity index (χ0n) is 10.3. The molecule has 6 nitrogen and oxygen atoms in total. The Morgan fingerprint density at radius 2 is 2.06 bits per heavy atom. The fraction of sp³-hybridized carbons (Fsp3) is 0.364. The van der Waals surface area contributed by atoms with Crippen molar-refractivity contribution in [3.8, 4) is 6.07 Å². The normalized spacial score (nSPS) is 11.1. The molecule has 0 radical (unpaired) electrons. The van der Waals surface area contributed by atoms with E-state index in [1.165, 1.54) is 12.1 Å². The van der Waals surface area contributed by atoms with Crippen molar-refractivity contribution in [2.45, 2.75) is 24.9 Å². The highest BCUT2D eigenvalue weighted by atomic mass is 32.2. The molecule has 1 amide bonds. The van der Waals surface area contributed by atoms with Gasteiger partial charge in [0.25, 0.3) is 5.91 Å². The monoisotopic (exact) mass is 267 g/mol. The predicted octanol–water partition coefficient (Wildman–Crippen LogP) is 0.495. The van der Waals surface area contributed by atoms with Crippen LogP contribution < -0.4 is 5.32 Å². The van der Waals surface area contributed by atoms with Gasteiger partial charge in [-0.05, 0) is 26.0 Å². The number of hydrogen-bond donors (Lipinski definition) is 1. The van der Waals surface area contributed by atoms with Crippen LogP contribution in [0.5, 0.6) is 0 Å². The maximum atomic E-state index is 11.7. The van der Waals surface area contributed by atoms with Gasteiger partial charge < -0.3 is 5.32 Å². The Kier molecular flexibility index (Phi) is 4.03. The number of nitrogens with zero attached hydrogens (tertiary/aromatic N) is 2. The fourth-order valence-corrected chi connectivity index (χ4v) is 2.05. The lowest BCUT2D eigenvalue weighted by Crippen LogP contribution is -2.31. The van der Waals surface area contributed by atoms with E-state index in [9.17, 15) is 13.2 Å². The maximum absolute atomic E-state index is 11.7. The SMILES string of the molecule is CC(C)NC(=O)c1ccc(C#N)c(S(C)(=O)=O)n1.